The van der Waals surface area contributed by atoms with Gasteiger partial charge in [0.2, 0.25) is 0 Å². The van der Waals surface area contributed by atoms with Gasteiger partial charge in [-0.25, -0.2) is 0 Å². The Balaban J connectivity index is 2.13. The van der Waals surface area contributed by atoms with Crippen molar-refractivity contribution in [2.45, 2.75) is 33.7 Å². The minimum atomic E-state index is -0.731. The van der Waals surface area contributed by atoms with Crippen LogP contribution in [0.15, 0.2) is 54.1 Å². The van der Waals surface area contributed by atoms with E-state index in [0.717, 1.165) is 13.1 Å². The highest BCUT2D eigenvalue weighted by atomic mass is 16.5. The summed E-state index contributed by atoms with van der Waals surface area (Å²) in [5.41, 5.74) is 1.26. The van der Waals surface area contributed by atoms with Gasteiger partial charge in [0.15, 0.2) is 11.5 Å². The second-order valence-corrected chi connectivity index (χ2v) is 7.96. The van der Waals surface area contributed by atoms with Gasteiger partial charge >= 0.3 is 0 Å². The predicted octanol–water partition coefficient (Wildman–Crippen LogP) is 4.25. The van der Waals surface area contributed by atoms with Gasteiger partial charge < -0.3 is 24.4 Å². The number of aliphatic hydroxyl groups is 1. The van der Waals surface area contributed by atoms with Crippen LogP contribution in [-0.2, 0) is 9.59 Å². The molecule has 0 aliphatic carbocycles. The molecule has 1 heterocycles. The number of hydrogen-bond donors (Lipinski definition) is 1. The van der Waals surface area contributed by atoms with Crippen molar-refractivity contribution in [2.24, 2.45) is 0 Å². The molecule has 0 bridgehead atoms. The smallest absolute Gasteiger partial charge is 0.295 e. The lowest BCUT2D eigenvalue weighted by Gasteiger charge is -2.28. The van der Waals surface area contributed by atoms with Crippen LogP contribution < -0.4 is 9.47 Å². The first-order chi connectivity index (χ1) is 16.5. The molecule has 2 aromatic rings. The van der Waals surface area contributed by atoms with E-state index in [4.69, 9.17) is 9.47 Å². The molecule has 1 unspecified atom stereocenters. The van der Waals surface area contributed by atoms with Crippen molar-refractivity contribution < 1.29 is 24.2 Å². The fourth-order valence-electron chi connectivity index (χ4n) is 4.24. The summed E-state index contributed by atoms with van der Waals surface area (Å²) in [6, 6.07) is 13.5. The Labute approximate surface area is 201 Å². The Morgan fingerprint density at radius 2 is 1.59 bits per heavy atom. The Hall–Kier alpha value is -3.32. The third-order valence-electron chi connectivity index (χ3n) is 6.02. The summed E-state index contributed by atoms with van der Waals surface area (Å²) >= 11 is 0. The van der Waals surface area contributed by atoms with Crippen LogP contribution in [0.4, 0.5) is 0 Å². The van der Waals surface area contributed by atoms with Crippen molar-refractivity contribution in [2.75, 3.05) is 39.4 Å². The molecule has 0 spiro atoms. The molecule has 1 N–H and O–H groups in total. The Morgan fingerprint density at radius 3 is 2.21 bits per heavy atom. The normalized spacial score (nSPS) is 17.4. The Morgan fingerprint density at radius 1 is 0.941 bits per heavy atom. The number of likely N-dealkylation sites (tertiary alicyclic amines) is 1. The number of carbonyl (C=O) groups excluding carboxylic acids is 2. The van der Waals surface area contributed by atoms with E-state index in [1.807, 2.05) is 26.0 Å². The molecule has 1 atom stereocenters. The highest BCUT2D eigenvalue weighted by Crippen LogP contribution is 2.42. The van der Waals surface area contributed by atoms with E-state index in [1.165, 1.54) is 0 Å². The maximum Gasteiger partial charge on any atom is 0.295 e. The van der Waals surface area contributed by atoms with E-state index in [9.17, 15) is 14.7 Å². The molecule has 34 heavy (non-hydrogen) atoms. The minimum absolute atomic E-state index is 0.0855. The van der Waals surface area contributed by atoms with E-state index in [0.29, 0.717) is 48.9 Å². The SMILES string of the molecule is CCOc1ccc(C2/C(=C(/O)c3ccccc3)C(=O)C(=O)N2CCN(CC)CC)cc1OCC. The minimum Gasteiger partial charge on any atom is -0.507 e. The van der Waals surface area contributed by atoms with Crippen LogP contribution in [-0.4, -0.2) is 66.0 Å². The molecule has 1 aliphatic heterocycles. The predicted molar refractivity (Wildman–Crippen MR) is 132 cm³/mol. The van der Waals surface area contributed by atoms with Crippen LogP contribution in [0.3, 0.4) is 0 Å². The van der Waals surface area contributed by atoms with Crippen molar-refractivity contribution in [3.05, 3.63) is 65.2 Å². The summed E-state index contributed by atoms with van der Waals surface area (Å²) in [5, 5.41) is 11.2. The van der Waals surface area contributed by atoms with E-state index in [2.05, 4.69) is 18.7 Å². The maximum atomic E-state index is 13.2. The van der Waals surface area contributed by atoms with Gasteiger partial charge in [0.05, 0.1) is 24.8 Å². The molecule has 0 radical (unpaired) electrons. The second-order valence-electron chi connectivity index (χ2n) is 7.96. The molecule has 1 fully saturated rings. The summed E-state index contributed by atoms with van der Waals surface area (Å²) < 4.78 is 11.5. The van der Waals surface area contributed by atoms with Gasteiger partial charge in [-0.05, 0) is 44.6 Å². The molecule has 182 valence electrons. The summed E-state index contributed by atoms with van der Waals surface area (Å²) in [6.45, 7) is 11.5. The van der Waals surface area contributed by atoms with Crippen molar-refractivity contribution in [1.29, 1.82) is 0 Å². The van der Waals surface area contributed by atoms with E-state index >= 15 is 0 Å². The number of likely N-dealkylation sites (N-methyl/N-ethyl adjacent to an activating group) is 1. The molecule has 1 saturated heterocycles. The fourth-order valence-corrected chi connectivity index (χ4v) is 4.24. The van der Waals surface area contributed by atoms with Crippen molar-refractivity contribution in [3.8, 4) is 11.5 Å². The molecule has 1 amide bonds. The van der Waals surface area contributed by atoms with Crippen LogP contribution in [0.1, 0.15) is 44.9 Å². The van der Waals surface area contributed by atoms with Crippen molar-refractivity contribution in [3.63, 3.8) is 0 Å². The largest absolute Gasteiger partial charge is 0.507 e. The average molecular weight is 467 g/mol. The lowest BCUT2D eigenvalue weighted by Crippen LogP contribution is -2.38. The van der Waals surface area contributed by atoms with Crippen molar-refractivity contribution >= 4 is 17.4 Å². The summed E-state index contributed by atoms with van der Waals surface area (Å²) in [7, 11) is 0. The van der Waals surface area contributed by atoms with Crippen LogP contribution in [0, 0.1) is 0 Å². The molecule has 1 aliphatic rings. The summed E-state index contributed by atoms with van der Waals surface area (Å²) in [4.78, 5) is 30.1. The van der Waals surface area contributed by atoms with Gasteiger partial charge in [-0.1, -0.05) is 50.2 Å². The monoisotopic (exact) mass is 466 g/mol. The van der Waals surface area contributed by atoms with Gasteiger partial charge in [0, 0.05) is 18.7 Å². The van der Waals surface area contributed by atoms with Gasteiger partial charge in [0.25, 0.3) is 11.7 Å². The van der Waals surface area contributed by atoms with Gasteiger partial charge in [0.1, 0.15) is 5.76 Å². The Bertz CT molecular complexity index is 1030. The quantitative estimate of drug-likeness (QED) is 0.303. The molecular weight excluding hydrogens is 432 g/mol. The van der Waals surface area contributed by atoms with Crippen molar-refractivity contribution in [1.82, 2.24) is 9.80 Å². The van der Waals surface area contributed by atoms with Gasteiger partial charge in [-0.2, -0.15) is 0 Å². The zero-order valence-corrected chi connectivity index (χ0v) is 20.4. The number of hydrogen-bond acceptors (Lipinski definition) is 6. The zero-order chi connectivity index (χ0) is 24.7. The number of nitrogens with zero attached hydrogens (tertiary/aromatic N) is 2. The lowest BCUT2D eigenvalue weighted by atomic mass is 9.95. The number of amides is 1. The highest BCUT2D eigenvalue weighted by Gasteiger charge is 2.46. The third-order valence-corrected chi connectivity index (χ3v) is 6.02. The van der Waals surface area contributed by atoms with Crippen LogP contribution >= 0.6 is 0 Å². The third kappa shape index (κ3) is 5.25. The molecule has 7 nitrogen and oxygen atoms in total. The lowest BCUT2D eigenvalue weighted by molar-refractivity contribution is -0.140. The molecule has 7 heteroatoms. The first-order valence-corrected chi connectivity index (χ1v) is 11.9. The maximum absolute atomic E-state index is 13.2. The first-order valence-electron chi connectivity index (χ1n) is 11.9. The van der Waals surface area contributed by atoms with Crippen LogP contribution in [0.5, 0.6) is 11.5 Å². The molecule has 3 rings (SSSR count). The summed E-state index contributed by atoms with van der Waals surface area (Å²) in [5.74, 6) is -0.340. The highest BCUT2D eigenvalue weighted by molar-refractivity contribution is 6.46. The van der Waals surface area contributed by atoms with E-state index in [1.54, 1.807) is 41.3 Å². The number of aliphatic hydroxyl groups excluding tert-OH is 1. The molecule has 0 saturated carbocycles. The zero-order valence-electron chi connectivity index (χ0n) is 20.4. The number of ketones is 1. The van der Waals surface area contributed by atoms with Gasteiger partial charge in [-0.3, -0.25) is 9.59 Å². The van der Waals surface area contributed by atoms with Crippen LogP contribution in [0.2, 0.25) is 0 Å². The number of ether oxygens (including phenoxy) is 2. The first kappa shape index (κ1) is 25.3. The second kappa shape index (κ2) is 11.7. The molecule has 0 aromatic heterocycles. The number of carbonyl (C=O) groups is 2. The average Bonchev–Trinajstić information content (AvgIpc) is 3.11. The number of Topliss-reactive ketones (excluding diaryl/α,β-unsaturated/α-hetero) is 1. The number of benzene rings is 2. The molecular formula is C27H34N2O5. The van der Waals surface area contributed by atoms with E-state index in [-0.39, 0.29) is 11.3 Å². The topological polar surface area (TPSA) is 79.3 Å². The summed E-state index contributed by atoms with van der Waals surface area (Å²) in [6.07, 6.45) is 0. The standard InChI is InChI=1S/C27H34N2O5/c1-5-28(6-2)16-17-29-24(20-14-15-21(33-7-3)22(18-20)34-8-4)23(26(31)27(29)32)25(30)19-12-10-9-11-13-19/h9-15,18,24,30H,5-8,16-17H2,1-4H3/b25-23-. The van der Waals surface area contributed by atoms with Crippen LogP contribution in [0.25, 0.3) is 5.76 Å². The van der Waals surface area contributed by atoms with E-state index < -0.39 is 17.7 Å². The fraction of sp³-hybridized carbons (Fsp3) is 0.407. The number of rotatable bonds is 11. The van der Waals surface area contributed by atoms with Gasteiger partial charge in [-0.15, -0.1) is 0 Å². The molecule has 2 aromatic carbocycles. The Kier molecular flexibility index (Phi) is 8.71.